The molecule has 2 amide bonds. The average Bonchev–Trinajstić information content (AvgIpc) is 2.98. The van der Waals surface area contributed by atoms with E-state index in [2.05, 4.69) is 10.6 Å². The van der Waals surface area contributed by atoms with Gasteiger partial charge in [-0.05, 0) is 82.6 Å². The summed E-state index contributed by atoms with van der Waals surface area (Å²) in [5.41, 5.74) is 1.86. The van der Waals surface area contributed by atoms with Crippen LogP contribution < -0.4 is 20.1 Å². The van der Waals surface area contributed by atoms with Crippen molar-refractivity contribution in [3.8, 4) is 11.5 Å². The molecule has 0 aliphatic rings. The monoisotopic (exact) mass is 584 g/mol. The van der Waals surface area contributed by atoms with Crippen molar-refractivity contribution in [2.24, 2.45) is 0 Å². The van der Waals surface area contributed by atoms with Gasteiger partial charge in [0.25, 0.3) is 11.8 Å². The molecule has 222 valence electrons. The lowest BCUT2D eigenvalue weighted by Crippen LogP contribution is -2.31. The first-order valence-corrected chi connectivity index (χ1v) is 13.7. The topological polar surface area (TPSA) is 76.7 Å². The van der Waals surface area contributed by atoms with Gasteiger partial charge in [0, 0.05) is 13.1 Å². The van der Waals surface area contributed by atoms with Crippen molar-refractivity contribution in [3.63, 3.8) is 0 Å². The van der Waals surface area contributed by atoms with Crippen LogP contribution in [-0.4, -0.2) is 51.0 Å². The minimum absolute atomic E-state index is 0.116. The van der Waals surface area contributed by atoms with Gasteiger partial charge in [-0.3, -0.25) is 9.59 Å². The largest absolute Gasteiger partial charge is 0.494 e. The van der Waals surface area contributed by atoms with Gasteiger partial charge < -0.3 is 20.1 Å². The Hall–Kier alpha value is -4.34. The van der Waals surface area contributed by atoms with Crippen LogP contribution in [-0.2, 0) is 22.4 Å². The van der Waals surface area contributed by atoms with Crippen LogP contribution in [0.1, 0.15) is 24.0 Å². The summed E-state index contributed by atoms with van der Waals surface area (Å²) in [5, 5.41) is 8.33. The van der Waals surface area contributed by atoms with Crippen LogP contribution in [0.4, 0.5) is 17.6 Å². The highest BCUT2D eigenvalue weighted by atomic mass is 19.3. The van der Waals surface area contributed by atoms with Crippen molar-refractivity contribution in [1.29, 1.82) is 0 Å². The van der Waals surface area contributed by atoms with Gasteiger partial charge in [0.1, 0.15) is 11.5 Å². The molecule has 0 aromatic heterocycles. The van der Waals surface area contributed by atoms with Gasteiger partial charge in [-0.2, -0.15) is 17.6 Å². The number of ether oxygens (including phenoxy) is 2. The molecule has 0 fully saturated rings. The quantitative estimate of drug-likeness (QED) is 0.131. The Morgan fingerprint density at radius 2 is 1.05 bits per heavy atom. The van der Waals surface area contributed by atoms with Crippen LogP contribution in [0.15, 0.2) is 72.8 Å². The summed E-state index contributed by atoms with van der Waals surface area (Å²) in [6.07, 6.45) is -3.72. The number of fused-ring (bicyclic) bond motifs is 2. The summed E-state index contributed by atoms with van der Waals surface area (Å²) in [6, 6.07) is 23.0. The van der Waals surface area contributed by atoms with E-state index >= 15 is 0 Å². The van der Waals surface area contributed by atoms with Gasteiger partial charge >= 0.3 is 12.9 Å². The highest BCUT2D eigenvalue weighted by Gasteiger charge is 2.15. The number of carbonyl (C=O) groups excluding carboxylic acids is 2. The Morgan fingerprint density at radius 1 is 0.619 bits per heavy atom. The number of carbonyl (C=O) groups is 2. The second-order valence-corrected chi connectivity index (χ2v) is 9.69. The minimum atomic E-state index is -3.03. The number of alkyl halides is 4. The van der Waals surface area contributed by atoms with Crippen LogP contribution in [0.3, 0.4) is 0 Å². The molecule has 2 N–H and O–H groups in total. The molecule has 0 atom stereocenters. The van der Waals surface area contributed by atoms with Gasteiger partial charge in [-0.15, -0.1) is 0 Å². The SMILES string of the molecule is O=C(NCCc1cccc2ccc(OCCCCOc3ccc4cccc(CCNC(=O)C(F)F)c4c3)cc12)C(F)F. The predicted molar refractivity (Wildman–Crippen MR) is 154 cm³/mol. The Balaban J connectivity index is 1.24. The van der Waals surface area contributed by atoms with Crippen molar-refractivity contribution >= 4 is 33.4 Å². The van der Waals surface area contributed by atoms with Crippen LogP contribution in [0.5, 0.6) is 11.5 Å². The van der Waals surface area contributed by atoms with Gasteiger partial charge in [-0.1, -0.05) is 48.5 Å². The molecule has 10 heteroatoms. The number of amides is 2. The van der Waals surface area contributed by atoms with E-state index in [1.165, 1.54) is 0 Å². The van der Waals surface area contributed by atoms with E-state index in [1.54, 1.807) is 0 Å². The molecular formula is C32H32F4N2O4. The third-order valence-electron chi connectivity index (χ3n) is 6.75. The summed E-state index contributed by atoms with van der Waals surface area (Å²) in [7, 11) is 0. The zero-order valence-corrected chi connectivity index (χ0v) is 22.9. The first-order chi connectivity index (χ1) is 20.3. The summed E-state index contributed by atoms with van der Waals surface area (Å²) in [5.74, 6) is -1.16. The zero-order valence-electron chi connectivity index (χ0n) is 22.9. The molecule has 0 bridgehead atoms. The molecule has 0 unspecified atom stereocenters. The Bertz CT molecular complexity index is 1400. The van der Waals surface area contributed by atoms with E-state index in [1.807, 2.05) is 72.8 Å². The average molecular weight is 585 g/mol. The standard InChI is InChI=1S/C32H32F4N2O4/c33-29(34)31(39)37-15-13-23-7-3-5-21-9-11-25(19-27(21)23)41-17-1-2-18-42-26-12-10-22-6-4-8-24(28(22)20-26)14-16-38-32(40)30(35)36/h3-12,19-20,29-30H,1-2,13-18H2,(H,37,39)(H,38,40). The molecule has 4 aromatic rings. The Labute approximate surface area is 241 Å². The van der Waals surface area contributed by atoms with E-state index in [9.17, 15) is 27.2 Å². The molecule has 4 rings (SSSR count). The molecular weight excluding hydrogens is 552 g/mol. The zero-order chi connectivity index (χ0) is 29.9. The molecule has 42 heavy (non-hydrogen) atoms. The van der Waals surface area contributed by atoms with Crippen LogP contribution in [0.25, 0.3) is 21.5 Å². The lowest BCUT2D eigenvalue weighted by atomic mass is 10.0. The minimum Gasteiger partial charge on any atom is -0.494 e. The number of rotatable bonds is 15. The van der Waals surface area contributed by atoms with Crippen LogP contribution in [0, 0.1) is 0 Å². The normalized spacial score (nSPS) is 11.3. The van der Waals surface area contributed by atoms with E-state index < -0.39 is 24.7 Å². The van der Waals surface area contributed by atoms with Crippen LogP contribution >= 0.6 is 0 Å². The fourth-order valence-corrected chi connectivity index (χ4v) is 4.63. The number of hydrogen-bond acceptors (Lipinski definition) is 4. The van der Waals surface area contributed by atoms with Crippen molar-refractivity contribution in [3.05, 3.63) is 83.9 Å². The fraction of sp³-hybridized carbons (Fsp3) is 0.312. The van der Waals surface area contributed by atoms with Gasteiger partial charge in [-0.25, -0.2) is 0 Å². The number of halogens is 4. The van der Waals surface area contributed by atoms with Crippen molar-refractivity contribution < 1.29 is 36.6 Å². The first-order valence-electron chi connectivity index (χ1n) is 13.7. The lowest BCUT2D eigenvalue weighted by molar-refractivity contribution is -0.132. The molecule has 0 saturated carbocycles. The summed E-state index contributed by atoms with van der Waals surface area (Å²) >= 11 is 0. The van der Waals surface area contributed by atoms with E-state index in [4.69, 9.17) is 9.47 Å². The van der Waals surface area contributed by atoms with Crippen LogP contribution in [0.2, 0.25) is 0 Å². The second kappa shape index (κ2) is 15.0. The fourth-order valence-electron chi connectivity index (χ4n) is 4.63. The number of benzene rings is 4. The molecule has 6 nitrogen and oxygen atoms in total. The summed E-state index contributed by atoms with van der Waals surface area (Å²) < 4.78 is 61.6. The third-order valence-corrected chi connectivity index (χ3v) is 6.75. The number of nitrogens with one attached hydrogen (secondary N) is 2. The summed E-state index contributed by atoms with van der Waals surface area (Å²) in [4.78, 5) is 22.3. The van der Waals surface area contributed by atoms with Crippen molar-refractivity contribution in [1.82, 2.24) is 10.6 Å². The molecule has 0 aliphatic carbocycles. The molecule has 0 aliphatic heterocycles. The van der Waals surface area contributed by atoms with E-state index in [0.29, 0.717) is 37.6 Å². The number of hydrogen-bond donors (Lipinski definition) is 2. The molecule has 4 aromatic carbocycles. The van der Waals surface area contributed by atoms with Crippen molar-refractivity contribution in [2.45, 2.75) is 38.5 Å². The summed E-state index contributed by atoms with van der Waals surface area (Å²) in [6.45, 7) is 1.19. The van der Waals surface area contributed by atoms with E-state index in [-0.39, 0.29) is 13.1 Å². The highest BCUT2D eigenvalue weighted by Crippen LogP contribution is 2.26. The Kier molecular flexibility index (Phi) is 11.0. The van der Waals surface area contributed by atoms with Gasteiger partial charge in [0.2, 0.25) is 0 Å². The van der Waals surface area contributed by atoms with Gasteiger partial charge in [0.15, 0.2) is 0 Å². The maximum absolute atomic E-state index is 12.4. The smallest absolute Gasteiger partial charge is 0.315 e. The molecule has 0 spiro atoms. The second-order valence-electron chi connectivity index (χ2n) is 9.69. The third kappa shape index (κ3) is 8.58. The molecule has 0 heterocycles. The Morgan fingerprint density at radius 3 is 1.45 bits per heavy atom. The first kappa shape index (κ1) is 30.6. The molecule has 0 radical (unpaired) electrons. The highest BCUT2D eigenvalue weighted by molar-refractivity contribution is 5.88. The molecule has 0 saturated heterocycles. The number of unbranched alkanes of at least 4 members (excludes halogenated alkanes) is 1. The maximum Gasteiger partial charge on any atom is 0.315 e. The van der Waals surface area contributed by atoms with Crippen molar-refractivity contribution in [2.75, 3.05) is 26.3 Å². The lowest BCUT2D eigenvalue weighted by Gasteiger charge is -2.12. The maximum atomic E-state index is 12.4. The predicted octanol–water partition coefficient (Wildman–Crippen LogP) is 6.08. The van der Waals surface area contributed by atoms with Gasteiger partial charge in [0.05, 0.1) is 13.2 Å². The van der Waals surface area contributed by atoms with E-state index in [0.717, 1.165) is 45.5 Å².